The Kier molecular flexibility index (Phi) is 5.01. The molecule has 0 spiro atoms. The number of aromatic amines is 1. The van der Waals surface area contributed by atoms with Crippen molar-refractivity contribution in [3.63, 3.8) is 0 Å². The molecule has 2 aromatic carbocycles. The molecule has 1 heterocycles. The summed E-state index contributed by atoms with van der Waals surface area (Å²) in [6.07, 6.45) is 2.67. The van der Waals surface area contributed by atoms with Crippen LogP contribution in [0.4, 0.5) is 14.9 Å². The van der Waals surface area contributed by atoms with E-state index in [2.05, 4.69) is 10.3 Å². The van der Waals surface area contributed by atoms with Crippen LogP contribution in [0.5, 0.6) is 0 Å². The standard InChI is InChI=1S/C18H16ClFN2O2/c19-13-4-1-5-15(9-13)22-18(23)24-8-2-3-12-11-21-17-7-6-14(20)10-16(12)17/h1,4-7,9-11,21H,2-3,8H2,(H,22,23). The third-order valence-electron chi connectivity index (χ3n) is 3.62. The molecule has 0 fully saturated rings. The summed E-state index contributed by atoms with van der Waals surface area (Å²) in [7, 11) is 0. The van der Waals surface area contributed by atoms with E-state index in [9.17, 15) is 9.18 Å². The third-order valence-corrected chi connectivity index (χ3v) is 3.86. The highest BCUT2D eigenvalue weighted by atomic mass is 35.5. The lowest BCUT2D eigenvalue weighted by Crippen LogP contribution is -2.14. The topological polar surface area (TPSA) is 54.1 Å². The minimum absolute atomic E-state index is 0.263. The summed E-state index contributed by atoms with van der Waals surface area (Å²) >= 11 is 5.85. The first-order valence-electron chi connectivity index (χ1n) is 7.57. The number of aromatic nitrogens is 1. The van der Waals surface area contributed by atoms with E-state index >= 15 is 0 Å². The maximum absolute atomic E-state index is 13.3. The van der Waals surface area contributed by atoms with Gasteiger partial charge in [-0.3, -0.25) is 5.32 Å². The molecule has 0 saturated carbocycles. The molecule has 3 rings (SSSR count). The van der Waals surface area contributed by atoms with E-state index in [0.717, 1.165) is 16.5 Å². The third kappa shape index (κ3) is 4.06. The molecule has 0 atom stereocenters. The lowest BCUT2D eigenvalue weighted by Gasteiger charge is -2.07. The summed E-state index contributed by atoms with van der Waals surface area (Å²) in [6, 6.07) is 11.5. The van der Waals surface area contributed by atoms with Gasteiger partial charge < -0.3 is 9.72 Å². The predicted octanol–water partition coefficient (Wildman–Crippen LogP) is 5.14. The van der Waals surface area contributed by atoms with Gasteiger partial charge in [0.05, 0.1) is 6.61 Å². The minimum Gasteiger partial charge on any atom is -0.449 e. The van der Waals surface area contributed by atoms with E-state index in [1.807, 2.05) is 6.20 Å². The molecule has 6 heteroatoms. The number of amides is 1. The Balaban J connectivity index is 1.48. The number of hydrogen-bond donors (Lipinski definition) is 2. The SMILES string of the molecule is O=C(Nc1cccc(Cl)c1)OCCCc1c[nH]c2ccc(F)cc12. The Morgan fingerprint density at radius 1 is 1.25 bits per heavy atom. The second kappa shape index (κ2) is 7.36. The summed E-state index contributed by atoms with van der Waals surface area (Å²) in [5, 5.41) is 4.01. The van der Waals surface area contributed by atoms with Crippen molar-refractivity contribution >= 4 is 34.3 Å². The molecule has 0 aliphatic carbocycles. The number of ether oxygens (including phenoxy) is 1. The van der Waals surface area contributed by atoms with Crippen LogP contribution in [-0.4, -0.2) is 17.7 Å². The molecule has 4 nitrogen and oxygen atoms in total. The summed E-state index contributed by atoms with van der Waals surface area (Å²) in [5.74, 6) is -0.263. The smallest absolute Gasteiger partial charge is 0.411 e. The molecular weight excluding hydrogens is 331 g/mol. The van der Waals surface area contributed by atoms with Gasteiger partial charge in [-0.15, -0.1) is 0 Å². The Morgan fingerprint density at radius 3 is 2.96 bits per heavy atom. The molecule has 0 saturated heterocycles. The summed E-state index contributed by atoms with van der Waals surface area (Å²) in [6.45, 7) is 0.272. The fourth-order valence-electron chi connectivity index (χ4n) is 2.51. The molecule has 1 aromatic heterocycles. The van der Waals surface area contributed by atoms with Crippen molar-refractivity contribution in [3.05, 3.63) is 65.1 Å². The Bertz CT molecular complexity index is 863. The van der Waals surface area contributed by atoms with Crippen LogP contribution in [0.25, 0.3) is 10.9 Å². The fraction of sp³-hybridized carbons (Fsp3) is 0.167. The molecule has 2 N–H and O–H groups in total. The number of anilines is 1. The van der Waals surface area contributed by atoms with Gasteiger partial charge in [0.15, 0.2) is 0 Å². The highest BCUT2D eigenvalue weighted by Gasteiger charge is 2.07. The summed E-state index contributed by atoms with van der Waals surface area (Å²) in [5.41, 5.74) is 2.48. The predicted molar refractivity (Wildman–Crippen MR) is 93.0 cm³/mol. The second-order valence-electron chi connectivity index (χ2n) is 5.38. The number of carbonyl (C=O) groups excluding carboxylic acids is 1. The fourth-order valence-corrected chi connectivity index (χ4v) is 2.70. The van der Waals surface area contributed by atoms with Crippen LogP contribution < -0.4 is 5.32 Å². The number of nitrogens with one attached hydrogen (secondary N) is 2. The lowest BCUT2D eigenvalue weighted by molar-refractivity contribution is 0.160. The van der Waals surface area contributed by atoms with Crippen LogP contribution in [0.1, 0.15) is 12.0 Å². The first kappa shape index (κ1) is 16.3. The van der Waals surface area contributed by atoms with Gasteiger partial charge in [-0.25, -0.2) is 9.18 Å². The first-order chi connectivity index (χ1) is 11.6. The molecule has 0 radical (unpaired) electrons. The van der Waals surface area contributed by atoms with Crippen molar-refractivity contribution in [2.75, 3.05) is 11.9 Å². The number of hydrogen-bond acceptors (Lipinski definition) is 2. The molecule has 0 aliphatic rings. The number of rotatable bonds is 5. The van der Waals surface area contributed by atoms with E-state index in [1.165, 1.54) is 12.1 Å². The van der Waals surface area contributed by atoms with Gasteiger partial charge in [0.2, 0.25) is 0 Å². The van der Waals surface area contributed by atoms with E-state index in [-0.39, 0.29) is 12.4 Å². The van der Waals surface area contributed by atoms with Crippen LogP contribution in [-0.2, 0) is 11.2 Å². The summed E-state index contributed by atoms with van der Waals surface area (Å²) < 4.78 is 18.5. The Morgan fingerprint density at radius 2 is 2.12 bits per heavy atom. The molecule has 3 aromatic rings. The van der Waals surface area contributed by atoms with Crippen molar-refractivity contribution in [1.29, 1.82) is 0 Å². The Hall–Kier alpha value is -2.53. The molecular formula is C18H16ClFN2O2. The average molecular weight is 347 g/mol. The van der Waals surface area contributed by atoms with Gasteiger partial charge >= 0.3 is 6.09 Å². The maximum Gasteiger partial charge on any atom is 0.411 e. The molecule has 24 heavy (non-hydrogen) atoms. The zero-order chi connectivity index (χ0) is 16.9. The van der Waals surface area contributed by atoms with Crippen molar-refractivity contribution < 1.29 is 13.9 Å². The van der Waals surface area contributed by atoms with E-state index in [1.54, 1.807) is 30.3 Å². The van der Waals surface area contributed by atoms with Crippen LogP contribution in [0, 0.1) is 5.82 Å². The number of fused-ring (bicyclic) bond motifs is 1. The molecule has 1 amide bonds. The molecule has 0 unspecified atom stereocenters. The number of carbonyl (C=O) groups is 1. The normalized spacial score (nSPS) is 10.8. The van der Waals surface area contributed by atoms with Gasteiger partial charge in [0.1, 0.15) is 5.82 Å². The monoisotopic (exact) mass is 346 g/mol. The number of benzene rings is 2. The van der Waals surface area contributed by atoms with Gasteiger partial charge in [0, 0.05) is 27.8 Å². The van der Waals surface area contributed by atoms with Gasteiger partial charge in [-0.1, -0.05) is 17.7 Å². The highest BCUT2D eigenvalue weighted by Crippen LogP contribution is 2.20. The van der Waals surface area contributed by atoms with Gasteiger partial charge in [-0.2, -0.15) is 0 Å². The first-order valence-corrected chi connectivity index (χ1v) is 7.94. The van der Waals surface area contributed by atoms with Crippen LogP contribution in [0.15, 0.2) is 48.7 Å². The zero-order valence-electron chi connectivity index (χ0n) is 12.8. The largest absolute Gasteiger partial charge is 0.449 e. The zero-order valence-corrected chi connectivity index (χ0v) is 13.6. The number of aryl methyl sites for hydroxylation is 1. The van der Waals surface area contributed by atoms with E-state index < -0.39 is 6.09 Å². The molecule has 0 aliphatic heterocycles. The van der Waals surface area contributed by atoms with Crippen molar-refractivity contribution in [2.45, 2.75) is 12.8 Å². The van der Waals surface area contributed by atoms with Crippen LogP contribution >= 0.6 is 11.6 Å². The molecule has 0 bridgehead atoms. The van der Waals surface area contributed by atoms with Gasteiger partial charge in [-0.05, 0) is 54.8 Å². The number of halogens is 2. The average Bonchev–Trinajstić information content (AvgIpc) is 2.94. The lowest BCUT2D eigenvalue weighted by atomic mass is 10.1. The second-order valence-corrected chi connectivity index (χ2v) is 5.82. The van der Waals surface area contributed by atoms with Crippen molar-refractivity contribution in [1.82, 2.24) is 4.98 Å². The van der Waals surface area contributed by atoms with E-state index in [0.29, 0.717) is 23.6 Å². The van der Waals surface area contributed by atoms with Gasteiger partial charge in [0.25, 0.3) is 0 Å². The quantitative estimate of drug-likeness (QED) is 0.628. The van der Waals surface area contributed by atoms with Crippen LogP contribution in [0.2, 0.25) is 5.02 Å². The molecule has 124 valence electrons. The summed E-state index contributed by atoms with van der Waals surface area (Å²) in [4.78, 5) is 14.8. The van der Waals surface area contributed by atoms with Crippen LogP contribution in [0.3, 0.4) is 0 Å². The maximum atomic E-state index is 13.3. The van der Waals surface area contributed by atoms with Crippen molar-refractivity contribution in [2.24, 2.45) is 0 Å². The van der Waals surface area contributed by atoms with Crippen molar-refractivity contribution in [3.8, 4) is 0 Å². The number of H-pyrrole nitrogens is 1. The highest BCUT2D eigenvalue weighted by molar-refractivity contribution is 6.30. The van der Waals surface area contributed by atoms with E-state index in [4.69, 9.17) is 16.3 Å². The minimum atomic E-state index is -0.526. The Labute approximate surface area is 143 Å².